The third kappa shape index (κ3) is 4.84. The van der Waals surface area contributed by atoms with Crippen LogP contribution in [0, 0.1) is 6.92 Å². The molecule has 27 heavy (non-hydrogen) atoms. The number of carboxylic acid groups (broad SMARTS) is 1. The number of piperidine rings is 1. The Balaban J connectivity index is 1.64. The van der Waals surface area contributed by atoms with Crippen LogP contribution in [0.25, 0.3) is 0 Å². The molecule has 1 N–H and O–H groups in total. The van der Waals surface area contributed by atoms with Crippen molar-refractivity contribution in [3.8, 4) is 5.75 Å². The summed E-state index contributed by atoms with van der Waals surface area (Å²) in [5.74, 6) is -0.242. The SMILES string of the molecule is COc1ccc(C)cc1[C@H](C(=O)O)N1CCC(OCc2ccccn2)CC1. The number of carboxylic acids is 1. The Kier molecular flexibility index (Phi) is 6.42. The number of aryl methyl sites for hydroxylation is 1. The number of carbonyl (C=O) groups is 1. The summed E-state index contributed by atoms with van der Waals surface area (Å²) in [6.45, 7) is 3.78. The van der Waals surface area contributed by atoms with E-state index >= 15 is 0 Å². The van der Waals surface area contributed by atoms with Gasteiger partial charge in [-0.15, -0.1) is 0 Å². The van der Waals surface area contributed by atoms with Crippen LogP contribution in [-0.4, -0.2) is 47.3 Å². The summed E-state index contributed by atoms with van der Waals surface area (Å²) in [5.41, 5.74) is 2.64. The number of methoxy groups -OCH3 is 1. The highest BCUT2D eigenvalue weighted by Crippen LogP contribution is 2.33. The number of ether oxygens (including phenoxy) is 2. The van der Waals surface area contributed by atoms with E-state index in [1.54, 1.807) is 13.3 Å². The first kappa shape index (κ1) is 19.3. The number of likely N-dealkylation sites (tertiary alicyclic amines) is 1. The van der Waals surface area contributed by atoms with Crippen LogP contribution in [0.15, 0.2) is 42.6 Å². The maximum Gasteiger partial charge on any atom is 0.325 e. The van der Waals surface area contributed by atoms with Crippen molar-refractivity contribution in [1.29, 1.82) is 0 Å². The van der Waals surface area contributed by atoms with Gasteiger partial charge in [-0.2, -0.15) is 0 Å². The van der Waals surface area contributed by atoms with Crippen LogP contribution in [0.2, 0.25) is 0 Å². The van der Waals surface area contributed by atoms with E-state index < -0.39 is 12.0 Å². The molecule has 1 aromatic heterocycles. The zero-order chi connectivity index (χ0) is 19.2. The Morgan fingerprint density at radius 2 is 2.07 bits per heavy atom. The van der Waals surface area contributed by atoms with Gasteiger partial charge < -0.3 is 14.6 Å². The minimum Gasteiger partial charge on any atom is -0.496 e. The third-order valence-corrected chi connectivity index (χ3v) is 4.95. The monoisotopic (exact) mass is 370 g/mol. The highest BCUT2D eigenvalue weighted by Gasteiger charge is 2.33. The van der Waals surface area contributed by atoms with E-state index in [-0.39, 0.29) is 6.10 Å². The lowest BCUT2D eigenvalue weighted by Crippen LogP contribution is -2.42. The van der Waals surface area contributed by atoms with E-state index in [4.69, 9.17) is 9.47 Å². The topological polar surface area (TPSA) is 71.9 Å². The third-order valence-electron chi connectivity index (χ3n) is 4.95. The van der Waals surface area contributed by atoms with Crippen molar-refractivity contribution in [3.05, 3.63) is 59.4 Å². The van der Waals surface area contributed by atoms with Gasteiger partial charge in [0.1, 0.15) is 11.8 Å². The van der Waals surface area contributed by atoms with Crippen molar-refractivity contribution in [3.63, 3.8) is 0 Å². The van der Waals surface area contributed by atoms with E-state index in [0.29, 0.717) is 31.0 Å². The summed E-state index contributed by atoms with van der Waals surface area (Å²) in [6.07, 6.45) is 3.47. The molecular formula is C21H26N2O4. The maximum absolute atomic E-state index is 12.0. The molecule has 1 aromatic carbocycles. The van der Waals surface area contributed by atoms with Crippen LogP contribution in [0.5, 0.6) is 5.75 Å². The number of hydrogen-bond acceptors (Lipinski definition) is 5. The molecule has 2 aromatic rings. The summed E-state index contributed by atoms with van der Waals surface area (Å²) in [6, 6.07) is 10.7. The van der Waals surface area contributed by atoms with Gasteiger partial charge in [0, 0.05) is 24.8 Å². The molecule has 0 saturated carbocycles. The van der Waals surface area contributed by atoms with E-state index in [2.05, 4.69) is 4.98 Å². The number of benzene rings is 1. The fourth-order valence-corrected chi connectivity index (χ4v) is 3.54. The zero-order valence-electron chi connectivity index (χ0n) is 15.8. The van der Waals surface area contributed by atoms with Crippen LogP contribution in [0.4, 0.5) is 0 Å². The Morgan fingerprint density at radius 3 is 2.70 bits per heavy atom. The molecule has 0 bridgehead atoms. The quantitative estimate of drug-likeness (QED) is 0.807. The molecule has 144 valence electrons. The lowest BCUT2D eigenvalue weighted by molar-refractivity contribution is -0.145. The molecule has 6 nitrogen and oxygen atoms in total. The predicted octanol–water partition coefficient (Wildman–Crippen LogP) is 3.21. The van der Waals surface area contributed by atoms with Crippen LogP contribution in [0.1, 0.15) is 35.7 Å². The molecule has 3 rings (SSSR count). The normalized spacial score (nSPS) is 16.8. The molecule has 1 aliphatic heterocycles. The summed E-state index contributed by atoms with van der Waals surface area (Å²) in [5, 5.41) is 9.87. The molecule has 0 unspecified atom stereocenters. The molecule has 2 heterocycles. The first-order valence-electron chi connectivity index (χ1n) is 9.21. The van der Waals surface area contributed by atoms with Gasteiger partial charge >= 0.3 is 5.97 Å². The second-order valence-electron chi connectivity index (χ2n) is 6.85. The second kappa shape index (κ2) is 8.97. The van der Waals surface area contributed by atoms with Gasteiger partial charge in [0.05, 0.1) is 25.5 Å². The minimum absolute atomic E-state index is 0.122. The molecule has 1 aliphatic rings. The molecule has 6 heteroatoms. The first-order valence-corrected chi connectivity index (χ1v) is 9.21. The predicted molar refractivity (Wildman–Crippen MR) is 102 cm³/mol. The van der Waals surface area contributed by atoms with Crippen molar-refractivity contribution < 1.29 is 19.4 Å². The first-order chi connectivity index (χ1) is 13.1. The lowest BCUT2D eigenvalue weighted by atomic mass is 9.98. The van der Waals surface area contributed by atoms with E-state index in [9.17, 15) is 9.90 Å². The number of rotatable bonds is 7. The summed E-state index contributed by atoms with van der Waals surface area (Å²) >= 11 is 0. The molecule has 1 saturated heterocycles. The summed E-state index contributed by atoms with van der Waals surface area (Å²) in [7, 11) is 1.57. The second-order valence-corrected chi connectivity index (χ2v) is 6.85. The number of pyridine rings is 1. The number of aliphatic carboxylic acids is 1. The maximum atomic E-state index is 12.0. The standard InChI is InChI=1S/C21H26N2O4/c1-15-6-7-19(26-2)18(13-15)20(21(24)25)23-11-8-17(9-12-23)27-14-16-5-3-4-10-22-16/h3-7,10,13,17,20H,8-9,11-12,14H2,1-2H3,(H,24,25)/t20-/m1/s1. The van der Waals surface area contributed by atoms with Crippen LogP contribution >= 0.6 is 0 Å². The summed E-state index contributed by atoms with van der Waals surface area (Å²) in [4.78, 5) is 18.3. The van der Waals surface area contributed by atoms with Gasteiger partial charge in [0.25, 0.3) is 0 Å². The van der Waals surface area contributed by atoms with Crippen LogP contribution < -0.4 is 4.74 Å². The Bertz CT molecular complexity index is 758. The Labute approximate surface area is 159 Å². The smallest absolute Gasteiger partial charge is 0.325 e. The highest BCUT2D eigenvalue weighted by molar-refractivity contribution is 5.77. The zero-order valence-corrected chi connectivity index (χ0v) is 15.8. The van der Waals surface area contributed by atoms with Gasteiger partial charge in [-0.3, -0.25) is 14.7 Å². The van der Waals surface area contributed by atoms with Crippen molar-refractivity contribution >= 4 is 5.97 Å². The van der Waals surface area contributed by atoms with Crippen LogP contribution in [-0.2, 0) is 16.1 Å². The molecular weight excluding hydrogens is 344 g/mol. The lowest BCUT2D eigenvalue weighted by Gasteiger charge is -2.36. The van der Waals surface area contributed by atoms with Gasteiger partial charge in [0.2, 0.25) is 0 Å². The fraction of sp³-hybridized carbons (Fsp3) is 0.429. The van der Waals surface area contributed by atoms with Gasteiger partial charge in [-0.25, -0.2) is 0 Å². The number of aromatic nitrogens is 1. The molecule has 1 atom stereocenters. The Morgan fingerprint density at radius 1 is 1.30 bits per heavy atom. The van der Waals surface area contributed by atoms with Gasteiger partial charge in [0.15, 0.2) is 0 Å². The number of hydrogen-bond donors (Lipinski definition) is 1. The Hall–Kier alpha value is -2.44. The van der Waals surface area contributed by atoms with Crippen molar-refractivity contribution in [2.45, 2.75) is 38.5 Å². The van der Waals surface area contributed by atoms with Crippen molar-refractivity contribution in [2.24, 2.45) is 0 Å². The van der Waals surface area contributed by atoms with E-state index in [1.165, 1.54) is 0 Å². The average molecular weight is 370 g/mol. The number of nitrogens with zero attached hydrogens (tertiary/aromatic N) is 2. The largest absolute Gasteiger partial charge is 0.496 e. The molecule has 0 spiro atoms. The van der Waals surface area contributed by atoms with E-state index in [0.717, 1.165) is 24.1 Å². The fourth-order valence-electron chi connectivity index (χ4n) is 3.54. The molecule has 0 amide bonds. The molecule has 0 aliphatic carbocycles. The summed E-state index contributed by atoms with van der Waals surface area (Å²) < 4.78 is 11.4. The minimum atomic E-state index is -0.855. The van der Waals surface area contributed by atoms with Crippen molar-refractivity contribution in [2.75, 3.05) is 20.2 Å². The molecule has 0 radical (unpaired) electrons. The van der Waals surface area contributed by atoms with Gasteiger partial charge in [-0.05, 0) is 38.0 Å². The highest BCUT2D eigenvalue weighted by atomic mass is 16.5. The molecule has 1 fully saturated rings. The van der Waals surface area contributed by atoms with Crippen LogP contribution in [0.3, 0.4) is 0 Å². The van der Waals surface area contributed by atoms with E-state index in [1.807, 2.05) is 48.2 Å². The van der Waals surface area contributed by atoms with Crippen molar-refractivity contribution in [1.82, 2.24) is 9.88 Å². The van der Waals surface area contributed by atoms with Gasteiger partial charge in [-0.1, -0.05) is 23.8 Å². The average Bonchev–Trinajstić information content (AvgIpc) is 2.68.